The molecule has 24 heavy (non-hydrogen) atoms. The van der Waals surface area contributed by atoms with Crippen molar-refractivity contribution in [2.75, 3.05) is 26.8 Å². The number of likely N-dealkylation sites (tertiary alicyclic amines) is 1. The molecule has 1 aliphatic heterocycles. The van der Waals surface area contributed by atoms with Gasteiger partial charge in [-0.05, 0) is 29.9 Å². The molecule has 126 valence electrons. The minimum Gasteiger partial charge on any atom is -0.384 e. The smallest absolute Gasteiger partial charge is 0.234 e. The fourth-order valence-corrected chi connectivity index (χ4v) is 3.59. The van der Waals surface area contributed by atoms with E-state index in [1.807, 2.05) is 65.6 Å². The van der Waals surface area contributed by atoms with Gasteiger partial charge in [0.15, 0.2) is 0 Å². The van der Waals surface area contributed by atoms with Crippen molar-refractivity contribution in [2.24, 2.45) is 5.92 Å². The molecule has 0 aliphatic carbocycles. The van der Waals surface area contributed by atoms with Crippen molar-refractivity contribution in [1.29, 1.82) is 0 Å². The van der Waals surface area contributed by atoms with Crippen LogP contribution >= 0.6 is 0 Å². The Morgan fingerprint density at radius 3 is 2.21 bits per heavy atom. The van der Waals surface area contributed by atoms with E-state index in [4.69, 9.17) is 4.74 Å². The zero-order valence-electron chi connectivity index (χ0n) is 14.2. The summed E-state index contributed by atoms with van der Waals surface area (Å²) in [5.41, 5.74) is 2.12. The number of benzene rings is 2. The van der Waals surface area contributed by atoms with Crippen LogP contribution in [0.4, 0.5) is 0 Å². The Labute approximate surface area is 144 Å². The number of amides is 1. The Morgan fingerprint density at radius 1 is 1.08 bits per heavy atom. The highest BCUT2D eigenvalue weighted by molar-refractivity contribution is 5.87. The van der Waals surface area contributed by atoms with Gasteiger partial charge in [0, 0.05) is 20.2 Å². The lowest BCUT2D eigenvalue weighted by atomic mass is 9.88. The van der Waals surface area contributed by atoms with Crippen molar-refractivity contribution in [3.05, 3.63) is 71.8 Å². The minimum absolute atomic E-state index is 0.202. The van der Waals surface area contributed by atoms with Crippen LogP contribution in [0.2, 0.25) is 0 Å². The van der Waals surface area contributed by atoms with E-state index in [-0.39, 0.29) is 11.8 Å². The minimum atomic E-state index is -0.228. The molecule has 0 radical (unpaired) electrons. The van der Waals surface area contributed by atoms with Gasteiger partial charge in [0.05, 0.1) is 12.5 Å². The third-order valence-corrected chi connectivity index (χ3v) is 4.75. The highest BCUT2D eigenvalue weighted by Gasteiger charge is 2.30. The van der Waals surface area contributed by atoms with Gasteiger partial charge in [0.25, 0.3) is 0 Å². The lowest BCUT2D eigenvalue weighted by molar-refractivity contribution is -0.134. The lowest BCUT2D eigenvalue weighted by Crippen LogP contribution is -2.43. The second kappa shape index (κ2) is 8.11. The molecule has 0 saturated carbocycles. The molecular formula is C21H25NO2. The molecule has 0 aromatic heterocycles. The van der Waals surface area contributed by atoms with Crippen LogP contribution in [0.15, 0.2) is 60.7 Å². The van der Waals surface area contributed by atoms with Crippen molar-refractivity contribution in [3.63, 3.8) is 0 Å². The van der Waals surface area contributed by atoms with Gasteiger partial charge in [0.1, 0.15) is 0 Å². The zero-order chi connectivity index (χ0) is 16.8. The maximum atomic E-state index is 13.3. The van der Waals surface area contributed by atoms with Gasteiger partial charge in [0.2, 0.25) is 5.91 Å². The molecule has 2 aromatic rings. The Balaban J connectivity index is 1.87. The number of carbonyl (C=O) groups excluding carboxylic acids is 1. The highest BCUT2D eigenvalue weighted by Crippen LogP contribution is 2.29. The third kappa shape index (κ3) is 3.85. The van der Waals surface area contributed by atoms with Crippen LogP contribution < -0.4 is 0 Å². The molecule has 0 N–H and O–H groups in total. The molecule has 1 fully saturated rings. The monoisotopic (exact) mass is 323 g/mol. The van der Waals surface area contributed by atoms with Crippen molar-refractivity contribution in [3.8, 4) is 0 Å². The first kappa shape index (κ1) is 16.7. The van der Waals surface area contributed by atoms with Gasteiger partial charge < -0.3 is 9.64 Å². The average molecular weight is 323 g/mol. The number of rotatable bonds is 5. The van der Waals surface area contributed by atoms with Gasteiger partial charge in [-0.15, -0.1) is 0 Å². The highest BCUT2D eigenvalue weighted by atomic mass is 16.5. The van der Waals surface area contributed by atoms with Crippen molar-refractivity contribution in [2.45, 2.75) is 18.8 Å². The van der Waals surface area contributed by atoms with Crippen LogP contribution in [0.3, 0.4) is 0 Å². The average Bonchev–Trinajstić information content (AvgIpc) is 2.64. The van der Waals surface area contributed by atoms with Gasteiger partial charge in [-0.2, -0.15) is 0 Å². The van der Waals surface area contributed by atoms with Crippen LogP contribution in [-0.2, 0) is 9.53 Å². The largest absolute Gasteiger partial charge is 0.384 e. The van der Waals surface area contributed by atoms with Crippen LogP contribution in [0.5, 0.6) is 0 Å². The molecule has 1 unspecified atom stereocenters. The first-order valence-corrected chi connectivity index (χ1v) is 8.67. The Bertz CT molecular complexity index is 600. The molecule has 3 nitrogen and oxygen atoms in total. The maximum Gasteiger partial charge on any atom is 0.234 e. The summed E-state index contributed by atoms with van der Waals surface area (Å²) in [7, 11) is 1.73. The van der Waals surface area contributed by atoms with Crippen molar-refractivity contribution in [1.82, 2.24) is 4.90 Å². The predicted molar refractivity (Wildman–Crippen MR) is 95.9 cm³/mol. The molecule has 1 saturated heterocycles. The summed E-state index contributed by atoms with van der Waals surface area (Å²) < 4.78 is 5.30. The summed E-state index contributed by atoms with van der Waals surface area (Å²) in [5.74, 6) is 0.418. The van der Waals surface area contributed by atoms with E-state index in [2.05, 4.69) is 0 Å². The van der Waals surface area contributed by atoms with Gasteiger partial charge >= 0.3 is 0 Å². The number of piperidine rings is 1. The second-order valence-electron chi connectivity index (χ2n) is 6.50. The van der Waals surface area contributed by atoms with E-state index in [1.165, 1.54) is 0 Å². The van der Waals surface area contributed by atoms with E-state index in [1.54, 1.807) is 7.11 Å². The Hall–Kier alpha value is -2.13. The van der Waals surface area contributed by atoms with Gasteiger partial charge in [-0.1, -0.05) is 60.7 Å². The molecule has 2 aromatic carbocycles. The molecule has 0 bridgehead atoms. The van der Waals surface area contributed by atoms with Crippen molar-refractivity contribution < 1.29 is 9.53 Å². The molecule has 3 rings (SSSR count). The van der Waals surface area contributed by atoms with Gasteiger partial charge in [-0.3, -0.25) is 4.79 Å². The molecule has 1 heterocycles. The standard InChI is InChI=1S/C21H25NO2/c1-24-16-17-9-8-14-22(15-17)21(23)20(18-10-4-2-5-11-18)19-12-6-3-7-13-19/h2-7,10-13,17,20H,8-9,14-16H2,1H3. The molecule has 0 spiro atoms. The molecule has 1 amide bonds. The summed E-state index contributed by atoms with van der Waals surface area (Å²) in [6, 6.07) is 20.2. The predicted octanol–water partition coefficient (Wildman–Crippen LogP) is 3.70. The SMILES string of the molecule is COCC1CCCN(C(=O)C(c2ccccc2)c2ccccc2)C1. The fraction of sp³-hybridized carbons (Fsp3) is 0.381. The fourth-order valence-electron chi connectivity index (χ4n) is 3.59. The Kier molecular flexibility index (Phi) is 5.65. The molecule has 1 aliphatic rings. The third-order valence-electron chi connectivity index (χ3n) is 4.75. The lowest BCUT2D eigenvalue weighted by Gasteiger charge is -2.35. The molecule has 1 atom stereocenters. The van der Waals surface area contributed by atoms with Crippen LogP contribution in [-0.4, -0.2) is 37.6 Å². The number of carbonyl (C=O) groups is 1. The van der Waals surface area contributed by atoms with Gasteiger partial charge in [-0.25, -0.2) is 0 Å². The normalized spacial score (nSPS) is 17.9. The topological polar surface area (TPSA) is 29.5 Å². The summed E-state index contributed by atoms with van der Waals surface area (Å²) in [4.78, 5) is 15.4. The second-order valence-corrected chi connectivity index (χ2v) is 6.50. The Morgan fingerprint density at radius 2 is 1.67 bits per heavy atom. The number of hydrogen-bond acceptors (Lipinski definition) is 2. The van der Waals surface area contributed by atoms with Crippen LogP contribution in [0, 0.1) is 5.92 Å². The van der Waals surface area contributed by atoms with E-state index in [9.17, 15) is 4.79 Å². The van der Waals surface area contributed by atoms with Crippen molar-refractivity contribution >= 4 is 5.91 Å². The molecule has 3 heteroatoms. The van der Waals surface area contributed by atoms with Crippen LogP contribution in [0.25, 0.3) is 0 Å². The van der Waals surface area contributed by atoms with Crippen LogP contribution in [0.1, 0.15) is 29.9 Å². The number of methoxy groups -OCH3 is 1. The molecular weight excluding hydrogens is 298 g/mol. The van der Waals surface area contributed by atoms with E-state index in [0.29, 0.717) is 5.92 Å². The summed E-state index contributed by atoms with van der Waals surface area (Å²) in [6.07, 6.45) is 2.19. The summed E-state index contributed by atoms with van der Waals surface area (Å²) >= 11 is 0. The van der Waals surface area contributed by atoms with E-state index < -0.39 is 0 Å². The quantitative estimate of drug-likeness (QED) is 0.839. The number of hydrogen-bond donors (Lipinski definition) is 0. The summed E-state index contributed by atoms with van der Waals surface area (Å²) in [5, 5.41) is 0. The van der Waals surface area contributed by atoms with E-state index >= 15 is 0 Å². The summed E-state index contributed by atoms with van der Waals surface area (Å²) in [6.45, 7) is 2.36. The first-order chi connectivity index (χ1) is 11.8. The zero-order valence-corrected chi connectivity index (χ0v) is 14.2. The van der Waals surface area contributed by atoms with E-state index in [0.717, 1.165) is 43.7 Å². The first-order valence-electron chi connectivity index (χ1n) is 8.67. The number of nitrogens with zero attached hydrogens (tertiary/aromatic N) is 1. The maximum absolute atomic E-state index is 13.3. The number of ether oxygens (including phenoxy) is 1.